The van der Waals surface area contributed by atoms with Gasteiger partial charge >= 0.3 is 6.18 Å². The fraction of sp³-hybridized carbons (Fsp3) is 0.300. The fourth-order valence-corrected chi connectivity index (χ4v) is 5.22. The Hall–Kier alpha value is -4.85. The predicted molar refractivity (Wildman–Crippen MR) is 150 cm³/mol. The molecule has 0 bridgehead atoms. The first-order valence-electron chi connectivity index (χ1n) is 13.3. The maximum atomic E-state index is 14.7. The number of H-pyrrole nitrogens is 1. The van der Waals surface area contributed by atoms with Crippen molar-refractivity contribution in [1.29, 1.82) is 0 Å². The van der Waals surface area contributed by atoms with E-state index in [2.05, 4.69) is 15.3 Å². The molecule has 0 aliphatic carbocycles. The molecule has 2 amide bonds. The Morgan fingerprint density at radius 3 is 2.43 bits per heavy atom. The average Bonchev–Trinajstić information content (AvgIpc) is 3.61. The molecule has 1 aliphatic rings. The van der Waals surface area contributed by atoms with E-state index in [1.165, 1.54) is 32.4 Å². The number of fused-ring (bicyclic) bond motifs is 2. The van der Waals surface area contributed by atoms with E-state index in [0.29, 0.717) is 22.4 Å². The number of rotatable bonds is 9. The molecule has 2 aromatic carbocycles. The van der Waals surface area contributed by atoms with Crippen molar-refractivity contribution in [3.63, 3.8) is 0 Å². The van der Waals surface area contributed by atoms with Crippen LogP contribution in [0.3, 0.4) is 0 Å². The molecule has 14 heteroatoms. The van der Waals surface area contributed by atoms with Gasteiger partial charge in [-0.2, -0.15) is 13.2 Å². The standard InChI is InChI=1S/C30H28F4N4O6/c1-4-28(27(35)40)14-44-25-19(28)12-23(38-24(25)15-5-7-16(31)8-6-15)29(41,30(32,33)34)13-36-26(39)21-11-18-20(37-21)9-17(42-2)10-22(18)43-3/h5-12,37,41H,4,13-14H2,1-3H3,(H2,35,40)(H,36,39)/t28-,29?/m0/s1. The van der Waals surface area contributed by atoms with Crippen LogP contribution in [0.15, 0.2) is 48.5 Å². The highest BCUT2D eigenvalue weighted by Gasteiger charge is 2.58. The third kappa shape index (κ3) is 4.94. The summed E-state index contributed by atoms with van der Waals surface area (Å²) in [7, 11) is 2.84. The Morgan fingerprint density at radius 2 is 1.84 bits per heavy atom. The number of pyridine rings is 1. The van der Waals surface area contributed by atoms with Gasteiger partial charge < -0.3 is 35.4 Å². The van der Waals surface area contributed by atoms with Crippen molar-refractivity contribution < 1.29 is 46.5 Å². The lowest BCUT2D eigenvalue weighted by Crippen LogP contribution is -2.52. The van der Waals surface area contributed by atoms with Gasteiger partial charge in [0.2, 0.25) is 11.5 Å². The second kappa shape index (κ2) is 11.0. The number of ether oxygens (including phenoxy) is 3. The van der Waals surface area contributed by atoms with Crippen LogP contribution < -0.4 is 25.3 Å². The lowest BCUT2D eigenvalue weighted by molar-refractivity contribution is -0.265. The summed E-state index contributed by atoms with van der Waals surface area (Å²) in [5.74, 6) is -1.67. The molecule has 0 radical (unpaired) electrons. The third-order valence-electron chi connectivity index (χ3n) is 7.92. The van der Waals surface area contributed by atoms with E-state index in [0.717, 1.165) is 18.2 Å². The molecule has 0 saturated carbocycles. The molecule has 1 unspecified atom stereocenters. The van der Waals surface area contributed by atoms with Gasteiger partial charge in [0.15, 0.2) is 0 Å². The quantitative estimate of drug-likeness (QED) is 0.207. The zero-order valence-electron chi connectivity index (χ0n) is 23.8. The first kappa shape index (κ1) is 30.6. The van der Waals surface area contributed by atoms with E-state index in [4.69, 9.17) is 19.9 Å². The van der Waals surface area contributed by atoms with Crippen molar-refractivity contribution >= 4 is 22.7 Å². The maximum absolute atomic E-state index is 14.7. The van der Waals surface area contributed by atoms with Crippen LogP contribution in [0.5, 0.6) is 17.2 Å². The Morgan fingerprint density at radius 1 is 1.14 bits per heavy atom. The number of aliphatic hydroxyl groups is 1. The molecule has 0 fully saturated rings. The number of halogens is 4. The topological polar surface area (TPSA) is 149 Å². The molecule has 5 N–H and O–H groups in total. The Bertz CT molecular complexity index is 1760. The molecule has 2 aromatic heterocycles. The summed E-state index contributed by atoms with van der Waals surface area (Å²) >= 11 is 0. The number of hydrogen-bond donors (Lipinski definition) is 4. The number of carbonyl (C=O) groups is 2. The first-order chi connectivity index (χ1) is 20.8. The number of aromatic nitrogens is 2. The number of nitrogens with zero attached hydrogens (tertiary/aromatic N) is 1. The van der Waals surface area contributed by atoms with E-state index < -0.39 is 47.1 Å². The molecule has 10 nitrogen and oxygen atoms in total. The molecule has 0 saturated heterocycles. The van der Waals surface area contributed by atoms with E-state index in [-0.39, 0.29) is 41.3 Å². The minimum atomic E-state index is -5.36. The summed E-state index contributed by atoms with van der Waals surface area (Å²) in [6.07, 6.45) is -5.29. The molecule has 5 rings (SSSR count). The minimum absolute atomic E-state index is 0.0116. The highest BCUT2D eigenvalue weighted by atomic mass is 19.4. The number of aromatic amines is 1. The van der Waals surface area contributed by atoms with Crippen LogP contribution >= 0.6 is 0 Å². The van der Waals surface area contributed by atoms with Crippen LogP contribution in [-0.2, 0) is 15.8 Å². The minimum Gasteiger partial charge on any atom is -0.497 e. The lowest BCUT2D eigenvalue weighted by Gasteiger charge is -2.31. The summed E-state index contributed by atoms with van der Waals surface area (Å²) in [4.78, 5) is 32.6. The van der Waals surface area contributed by atoms with Gasteiger partial charge in [-0.15, -0.1) is 0 Å². The average molecular weight is 617 g/mol. The Balaban J connectivity index is 1.59. The largest absolute Gasteiger partial charge is 0.497 e. The lowest BCUT2D eigenvalue weighted by atomic mass is 9.78. The van der Waals surface area contributed by atoms with Crippen LogP contribution in [0.25, 0.3) is 22.2 Å². The van der Waals surface area contributed by atoms with E-state index >= 15 is 0 Å². The van der Waals surface area contributed by atoms with Gasteiger partial charge in [0.05, 0.1) is 32.0 Å². The van der Waals surface area contributed by atoms with Gasteiger partial charge in [0.1, 0.15) is 46.5 Å². The number of alkyl halides is 3. The fourth-order valence-electron chi connectivity index (χ4n) is 5.22. The van der Waals surface area contributed by atoms with Gasteiger partial charge in [-0.25, -0.2) is 9.37 Å². The van der Waals surface area contributed by atoms with Crippen LogP contribution in [0.4, 0.5) is 17.6 Å². The Kier molecular flexibility index (Phi) is 7.66. The first-order valence-corrected chi connectivity index (χ1v) is 13.3. The van der Waals surface area contributed by atoms with Crippen molar-refractivity contribution in [3.05, 3.63) is 71.3 Å². The van der Waals surface area contributed by atoms with E-state index in [1.807, 2.05) is 0 Å². The molecule has 0 spiro atoms. The second-order valence-corrected chi connectivity index (χ2v) is 10.3. The van der Waals surface area contributed by atoms with Gasteiger partial charge in [0, 0.05) is 28.6 Å². The van der Waals surface area contributed by atoms with E-state index in [9.17, 15) is 32.3 Å². The zero-order chi connectivity index (χ0) is 32.0. The number of carbonyl (C=O) groups excluding carboxylic acids is 2. The monoisotopic (exact) mass is 616 g/mol. The van der Waals surface area contributed by atoms with Gasteiger partial charge in [0.25, 0.3) is 5.91 Å². The molecule has 44 heavy (non-hydrogen) atoms. The van der Waals surface area contributed by atoms with Crippen LogP contribution in [0, 0.1) is 5.82 Å². The highest BCUT2D eigenvalue weighted by molar-refractivity contribution is 6.00. The van der Waals surface area contributed by atoms with Crippen molar-refractivity contribution in [2.45, 2.75) is 30.5 Å². The maximum Gasteiger partial charge on any atom is 0.424 e. The smallest absolute Gasteiger partial charge is 0.424 e. The molecule has 1 aliphatic heterocycles. The van der Waals surface area contributed by atoms with E-state index in [1.54, 1.807) is 19.1 Å². The Labute approximate surface area is 248 Å². The van der Waals surface area contributed by atoms with Gasteiger partial charge in [-0.05, 0) is 42.8 Å². The van der Waals surface area contributed by atoms with Crippen LogP contribution in [0.2, 0.25) is 0 Å². The number of hydrogen-bond acceptors (Lipinski definition) is 7. The molecular weight excluding hydrogens is 588 g/mol. The number of primary amides is 1. The number of amides is 2. The highest BCUT2D eigenvalue weighted by Crippen LogP contribution is 2.49. The molecule has 232 valence electrons. The van der Waals surface area contributed by atoms with Crippen molar-refractivity contribution in [2.24, 2.45) is 5.73 Å². The second-order valence-electron chi connectivity index (χ2n) is 10.3. The summed E-state index contributed by atoms with van der Waals surface area (Å²) in [5, 5.41) is 13.9. The number of nitrogens with one attached hydrogen (secondary N) is 2. The predicted octanol–water partition coefficient (Wildman–Crippen LogP) is 4.09. The van der Waals surface area contributed by atoms with Crippen LogP contribution in [0.1, 0.15) is 35.1 Å². The summed E-state index contributed by atoms with van der Waals surface area (Å²) in [6.45, 7) is -0.0123. The van der Waals surface area contributed by atoms with Gasteiger partial charge in [-0.3, -0.25) is 9.59 Å². The molecule has 3 heterocycles. The number of benzene rings is 2. The molecular formula is C30H28F4N4O6. The van der Waals surface area contributed by atoms with Crippen molar-refractivity contribution in [1.82, 2.24) is 15.3 Å². The molecule has 2 atom stereocenters. The third-order valence-corrected chi connectivity index (χ3v) is 7.92. The SMILES string of the molecule is CC[C@]1(C(N)=O)COc2c1cc(C(O)(CNC(=O)c1cc3c(OC)cc(OC)cc3[nH]1)C(F)(F)F)nc2-c1ccc(F)cc1. The van der Waals surface area contributed by atoms with Crippen molar-refractivity contribution in [2.75, 3.05) is 27.4 Å². The molecule has 4 aromatic rings. The summed E-state index contributed by atoms with van der Waals surface area (Å²) < 4.78 is 74.1. The zero-order valence-corrected chi connectivity index (χ0v) is 23.8. The van der Waals surface area contributed by atoms with Crippen LogP contribution in [-0.4, -0.2) is 60.4 Å². The summed E-state index contributed by atoms with van der Waals surface area (Å²) in [6, 6.07) is 10.2. The number of methoxy groups -OCH3 is 2. The number of nitrogens with two attached hydrogens (primary N) is 1. The van der Waals surface area contributed by atoms with Crippen molar-refractivity contribution in [3.8, 4) is 28.5 Å². The normalized spacial score (nSPS) is 17.5. The summed E-state index contributed by atoms with van der Waals surface area (Å²) in [5.41, 5.74) is -0.197. The van der Waals surface area contributed by atoms with Gasteiger partial charge in [-0.1, -0.05) is 6.92 Å².